The number of aromatic nitrogens is 3. The predicted molar refractivity (Wildman–Crippen MR) is 82.9 cm³/mol. The lowest BCUT2D eigenvalue weighted by molar-refractivity contribution is -0.140. The summed E-state index contributed by atoms with van der Waals surface area (Å²) in [6.07, 6.45) is 0. The molecule has 0 radical (unpaired) electrons. The topological polar surface area (TPSA) is 95.8 Å². The van der Waals surface area contributed by atoms with Gasteiger partial charge in [0.1, 0.15) is 23.5 Å². The van der Waals surface area contributed by atoms with E-state index in [1.165, 1.54) is 19.0 Å². The number of esters is 2. The Hall–Kier alpha value is -2.94. The molecule has 0 spiro atoms. The Morgan fingerprint density at radius 3 is 2.54 bits per heavy atom. The Labute approximate surface area is 137 Å². The van der Waals surface area contributed by atoms with Crippen molar-refractivity contribution in [3.8, 4) is 0 Å². The lowest BCUT2D eigenvalue weighted by Crippen LogP contribution is -2.38. The number of hydrogen-bond donors (Lipinski definition) is 0. The summed E-state index contributed by atoms with van der Waals surface area (Å²) in [6.45, 7) is 0.0672. The Morgan fingerprint density at radius 2 is 1.83 bits per heavy atom. The molecular formula is C15H16N4O5. The summed E-state index contributed by atoms with van der Waals surface area (Å²) in [6, 6.07) is 5.30. The van der Waals surface area contributed by atoms with Crippen LogP contribution in [0, 0.1) is 0 Å². The van der Waals surface area contributed by atoms with Crippen LogP contribution in [0.15, 0.2) is 29.5 Å². The minimum absolute atomic E-state index is 0.0268. The molecule has 0 unspecified atom stereocenters. The van der Waals surface area contributed by atoms with Crippen molar-refractivity contribution >= 4 is 28.7 Å². The molecule has 2 heterocycles. The Kier molecular flexibility index (Phi) is 4.17. The summed E-state index contributed by atoms with van der Waals surface area (Å²) in [5.41, 5.74) is 2.21. The molecule has 24 heavy (non-hydrogen) atoms. The van der Waals surface area contributed by atoms with Crippen LogP contribution in [0.25, 0.3) is 11.0 Å². The van der Waals surface area contributed by atoms with Crippen LogP contribution in [-0.2, 0) is 30.8 Å². The molecule has 0 saturated carbocycles. The molecule has 1 aliphatic rings. The standard InChI is InChI=1S/C15H16N4O5/c1-18-16-11-5-4-9(6-12(11)17-18)19-8-24-7-10(14(20)22-2)13(19)15(21)23-3/h4-6H,7-8H2,1-3H3. The first-order valence-corrected chi connectivity index (χ1v) is 7.11. The zero-order valence-corrected chi connectivity index (χ0v) is 13.5. The van der Waals surface area contributed by atoms with Crippen LogP contribution in [0.4, 0.5) is 5.69 Å². The minimum Gasteiger partial charge on any atom is -0.466 e. The molecule has 0 N–H and O–H groups in total. The van der Waals surface area contributed by atoms with Crippen LogP contribution in [0.1, 0.15) is 0 Å². The van der Waals surface area contributed by atoms with Gasteiger partial charge in [-0.25, -0.2) is 9.59 Å². The normalized spacial score (nSPS) is 14.9. The van der Waals surface area contributed by atoms with Gasteiger partial charge in [0, 0.05) is 12.7 Å². The van der Waals surface area contributed by atoms with Crippen molar-refractivity contribution in [3.63, 3.8) is 0 Å². The van der Waals surface area contributed by atoms with Crippen LogP contribution in [0.5, 0.6) is 0 Å². The first-order valence-electron chi connectivity index (χ1n) is 7.11. The Morgan fingerprint density at radius 1 is 1.12 bits per heavy atom. The van der Waals surface area contributed by atoms with Gasteiger partial charge in [0.15, 0.2) is 0 Å². The van der Waals surface area contributed by atoms with Crippen LogP contribution in [-0.4, -0.2) is 54.5 Å². The van der Waals surface area contributed by atoms with E-state index in [1.54, 1.807) is 30.1 Å². The smallest absolute Gasteiger partial charge is 0.355 e. The van der Waals surface area contributed by atoms with Crippen molar-refractivity contribution in [1.29, 1.82) is 0 Å². The first-order chi connectivity index (χ1) is 11.5. The van der Waals surface area contributed by atoms with Gasteiger partial charge in [-0.05, 0) is 18.2 Å². The van der Waals surface area contributed by atoms with Gasteiger partial charge in [0.05, 0.1) is 26.4 Å². The fourth-order valence-corrected chi connectivity index (χ4v) is 2.53. The molecule has 0 fully saturated rings. The quantitative estimate of drug-likeness (QED) is 0.744. The molecule has 9 heteroatoms. The minimum atomic E-state index is -0.641. The third-order valence-electron chi connectivity index (χ3n) is 3.61. The monoisotopic (exact) mass is 332 g/mol. The average molecular weight is 332 g/mol. The zero-order chi connectivity index (χ0) is 17.3. The molecule has 126 valence electrons. The molecule has 0 bridgehead atoms. The fraction of sp³-hybridized carbons (Fsp3) is 0.333. The number of carbonyl (C=O) groups excluding carboxylic acids is 2. The number of nitrogens with zero attached hydrogens (tertiary/aromatic N) is 4. The third-order valence-corrected chi connectivity index (χ3v) is 3.61. The second-order valence-corrected chi connectivity index (χ2v) is 5.08. The summed E-state index contributed by atoms with van der Waals surface area (Å²) < 4.78 is 15.0. The van der Waals surface area contributed by atoms with Crippen molar-refractivity contribution in [2.24, 2.45) is 7.05 Å². The van der Waals surface area contributed by atoms with E-state index < -0.39 is 11.9 Å². The number of rotatable bonds is 3. The fourth-order valence-electron chi connectivity index (χ4n) is 2.53. The summed E-state index contributed by atoms with van der Waals surface area (Å²) in [7, 11) is 4.22. The lowest BCUT2D eigenvalue weighted by atomic mass is 10.1. The molecule has 2 aromatic rings. The Bertz CT molecular complexity index is 842. The maximum atomic E-state index is 12.2. The molecule has 1 aromatic carbocycles. The predicted octanol–water partition coefficient (Wildman–Crippen LogP) is 0.362. The number of carbonyl (C=O) groups is 2. The SMILES string of the molecule is COC(=O)C1=C(C(=O)OC)N(c2ccc3nn(C)nc3c2)COC1. The number of aryl methyl sites for hydroxylation is 1. The van der Waals surface area contributed by atoms with Gasteiger partial charge in [0.25, 0.3) is 0 Å². The van der Waals surface area contributed by atoms with Crippen LogP contribution in [0.3, 0.4) is 0 Å². The maximum absolute atomic E-state index is 12.2. The van der Waals surface area contributed by atoms with E-state index >= 15 is 0 Å². The number of anilines is 1. The highest BCUT2D eigenvalue weighted by atomic mass is 16.5. The lowest BCUT2D eigenvalue weighted by Gasteiger charge is -2.31. The van der Waals surface area contributed by atoms with Gasteiger partial charge >= 0.3 is 11.9 Å². The molecule has 3 rings (SSSR count). The number of methoxy groups -OCH3 is 2. The summed E-state index contributed by atoms with van der Waals surface area (Å²) in [4.78, 5) is 27.2. The molecular weight excluding hydrogens is 316 g/mol. The largest absolute Gasteiger partial charge is 0.466 e. The number of hydrogen-bond acceptors (Lipinski definition) is 8. The van der Waals surface area contributed by atoms with Crippen LogP contribution < -0.4 is 4.90 Å². The molecule has 9 nitrogen and oxygen atoms in total. The van der Waals surface area contributed by atoms with Crippen LogP contribution in [0.2, 0.25) is 0 Å². The van der Waals surface area contributed by atoms with Gasteiger partial charge in [-0.2, -0.15) is 15.0 Å². The highest BCUT2D eigenvalue weighted by Crippen LogP contribution is 2.28. The molecule has 1 aromatic heterocycles. The number of fused-ring (bicyclic) bond motifs is 1. The third kappa shape index (κ3) is 2.69. The van der Waals surface area contributed by atoms with Crippen molar-refractivity contribution in [3.05, 3.63) is 29.5 Å². The molecule has 1 aliphatic heterocycles. The summed E-state index contributed by atoms with van der Waals surface area (Å²) in [5.74, 6) is -1.28. The zero-order valence-electron chi connectivity index (χ0n) is 13.5. The van der Waals surface area contributed by atoms with E-state index in [1.807, 2.05) is 0 Å². The first kappa shape index (κ1) is 15.9. The average Bonchev–Trinajstić information content (AvgIpc) is 2.98. The van der Waals surface area contributed by atoms with E-state index in [-0.39, 0.29) is 24.6 Å². The highest BCUT2D eigenvalue weighted by molar-refractivity contribution is 6.03. The van der Waals surface area contributed by atoms with Crippen molar-refractivity contribution in [2.45, 2.75) is 0 Å². The summed E-state index contributed by atoms with van der Waals surface area (Å²) >= 11 is 0. The molecule has 0 amide bonds. The van der Waals surface area contributed by atoms with E-state index in [4.69, 9.17) is 14.2 Å². The van der Waals surface area contributed by atoms with E-state index in [9.17, 15) is 9.59 Å². The van der Waals surface area contributed by atoms with E-state index in [0.29, 0.717) is 11.2 Å². The van der Waals surface area contributed by atoms with Gasteiger partial charge in [-0.15, -0.1) is 0 Å². The summed E-state index contributed by atoms with van der Waals surface area (Å²) in [5, 5.41) is 8.45. The van der Waals surface area contributed by atoms with Crippen LogP contribution >= 0.6 is 0 Å². The van der Waals surface area contributed by atoms with Gasteiger partial charge < -0.3 is 19.1 Å². The van der Waals surface area contributed by atoms with Gasteiger partial charge in [0.2, 0.25) is 0 Å². The second-order valence-electron chi connectivity index (χ2n) is 5.08. The van der Waals surface area contributed by atoms with E-state index in [2.05, 4.69) is 10.2 Å². The molecule has 0 atom stereocenters. The van der Waals surface area contributed by atoms with Crippen molar-refractivity contribution in [1.82, 2.24) is 15.0 Å². The van der Waals surface area contributed by atoms with Crippen molar-refractivity contribution in [2.75, 3.05) is 32.5 Å². The number of ether oxygens (including phenoxy) is 3. The van der Waals surface area contributed by atoms with Gasteiger partial charge in [-0.3, -0.25) is 0 Å². The molecule has 0 saturated heterocycles. The Balaban J connectivity index is 2.11. The second kappa shape index (κ2) is 6.28. The van der Waals surface area contributed by atoms with Crippen molar-refractivity contribution < 1.29 is 23.8 Å². The molecule has 0 aliphatic carbocycles. The van der Waals surface area contributed by atoms with Gasteiger partial charge in [-0.1, -0.05) is 0 Å². The maximum Gasteiger partial charge on any atom is 0.355 e. The highest BCUT2D eigenvalue weighted by Gasteiger charge is 2.32. The van der Waals surface area contributed by atoms with E-state index in [0.717, 1.165) is 5.52 Å². The number of benzene rings is 1.